The topological polar surface area (TPSA) is 63.8 Å². The van der Waals surface area contributed by atoms with Gasteiger partial charge in [0.1, 0.15) is 23.9 Å². The number of pyridine rings is 1. The zero-order valence-electron chi connectivity index (χ0n) is 17.9. The van der Waals surface area contributed by atoms with Gasteiger partial charge in [0.05, 0.1) is 19.7 Å². The van der Waals surface area contributed by atoms with Crippen molar-refractivity contribution in [1.82, 2.24) is 9.88 Å². The molecule has 0 spiro atoms. The molecule has 0 saturated carbocycles. The molecule has 0 unspecified atom stereocenters. The van der Waals surface area contributed by atoms with Crippen LogP contribution in [-0.2, 0) is 6.42 Å². The molecule has 0 fully saturated rings. The summed E-state index contributed by atoms with van der Waals surface area (Å²) in [6.45, 7) is 2.35. The Hall–Kier alpha value is -2.99. The first-order valence-electron chi connectivity index (χ1n) is 10.2. The van der Waals surface area contributed by atoms with E-state index in [0.29, 0.717) is 23.6 Å². The molecule has 1 N–H and O–H groups in total. The van der Waals surface area contributed by atoms with Crippen LogP contribution in [0.5, 0.6) is 17.2 Å². The van der Waals surface area contributed by atoms with Gasteiger partial charge in [-0.25, -0.2) is 0 Å². The SMILES string of the molecule is COc1ccc(CCCCN(C)CCOc2cc(OC)cc3ccc(=O)[nH]c23)cc1. The van der Waals surface area contributed by atoms with E-state index in [2.05, 4.69) is 29.1 Å². The number of aromatic nitrogens is 1. The van der Waals surface area contributed by atoms with E-state index in [1.807, 2.05) is 24.3 Å². The number of methoxy groups -OCH3 is 2. The summed E-state index contributed by atoms with van der Waals surface area (Å²) < 4.78 is 16.5. The Balaban J connectivity index is 1.44. The lowest BCUT2D eigenvalue weighted by Crippen LogP contribution is -2.25. The molecule has 1 heterocycles. The van der Waals surface area contributed by atoms with Gasteiger partial charge in [-0.15, -0.1) is 0 Å². The van der Waals surface area contributed by atoms with Gasteiger partial charge in [0.2, 0.25) is 5.56 Å². The van der Waals surface area contributed by atoms with E-state index in [9.17, 15) is 4.79 Å². The quantitative estimate of drug-likeness (QED) is 0.486. The summed E-state index contributed by atoms with van der Waals surface area (Å²) in [5, 5.41) is 0.885. The van der Waals surface area contributed by atoms with E-state index in [1.54, 1.807) is 20.3 Å². The Morgan fingerprint density at radius 1 is 0.900 bits per heavy atom. The predicted molar refractivity (Wildman–Crippen MR) is 120 cm³/mol. The van der Waals surface area contributed by atoms with Gasteiger partial charge < -0.3 is 24.1 Å². The Kier molecular flexibility index (Phi) is 7.74. The van der Waals surface area contributed by atoms with Crippen LogP contribution >= 0.6 is 0 Å². The van der Waals surface area contributed by atoms with Crippen LogP contribution < -0.4 is 19.8 Å². The fraction of sp³-hybridized carbons (Fsp3) is 0.375. The maximum Gasteiger partial charge on any atom is 0.248 e. The lowest BCUT2D eigenvalue weighted by atomic mass is 10.1. The van der Waals surface area contributed by atoms with Crippen LogP contribution in [0.4, 0.5) is 0 Å². The third-order valence-electron chi connectivity index (χ3n) is 5.15. The number of likely N-dealkylation sites (N-methyl/N-ethyl adjacent to an activating group) is 1. The monoisotopic (exact) mass is 410 g/mol. The Bertz CT molecular complexity index is 998. The lowest BCUT2D eigenvalue weighted by molar-refractivity contribution is 0.236. The second-order valence-electron chi connectivity index (χ2n) is 7.37. The molecule has 0 radical (unpaired) electrons. The van der Waals surface area contributed by atoms with Crippen LogP contribution in [0.2, 0.25) is 0 Å². The summed E-state index contributed by atoms with van der Waals surface area (Å²) in [5.74, 6) is 2.23. The fourth-order valence-electron chi connectivity index (χ4n) is 3.36. The number of hydrogen-bond acceptors (Lipinski definition) is 5. The first kappa shape index (κ1) is 21.7. The molecule has 0 bridgehead atoms. The van der Waals surface area contributed by atoms with E-state index in [1.165, 1.54) is 11.6 Å². The highest BCUT2D eigenvalue weighted by Crippen LogP contribution is 2.29. The van der Waals surface area contributed by atoms with E-state index in [-0.39, 0.29) is 5.56 Å². The number of unbranched alkanes of at least 4 members (excludes halogenated alkanes) is 1. The first-order valence-corrected chi connectivity index (χ1v) is 10.2. The lowest BCUT2D eigenvalue weighted by Gasteiger charge is -2.17. The molecule has 3 rings (SSSR count). The summed E-state index contributed by atoms with van der Waals surface area (Å²) in [6.07, 6.45) is 3.33. The second kappa shape index (κ2) is 10.7. The summed E-state index contributed by atoms with van der Waals surface area (Å²) in [7, 11) is 5.41. The highest BCUT2D eigenvalue weighted by Gasteiger charge is 2.08. The van der Waals surface area contributed by atoms with E-state index in [0.717, 1.165) is 43.5 Å². The number of benzene rings is 2. The van der Waals surface area contributed by atoms with E-state index >= 15 is 0 Å². The zero-order chi connectivity index (χ0) is 21.3. The van der Waals surface area contributed by atoms with Crippen LogP contribution in [0.25, 0.3) is 10.9 Å². The fourth-order valence-corrected chi connectivity index (χ4v) is 3.36. The average molecular weight is 411 g/mol. The van der Waals surface area contributed by atoms with Gasteiger partial charge in [-0.05, 0) is 62.7 Å². The van der Waals surface area contributed by atoms with Gasteiger partial charge in [0.25, 0.3) is 0 Å². The molecule has 0 aliphatic heterocycles. The molecule has 0 aliphatic carbocycles. The van der Waals surface area contributed by atoms with Gasteiger partial charge in [0.15, 0.2) is 0 Å². The highest BCUT2D eigenvalue weighted by atomic mass is 16.5. The van der Waals surface area contributed by atoms with E-state index in [4.69, 9.17) is 14.2 Å². The van der Waals surface area contributed by atoms with Crippen molar-refractivity contribution in [2.75, 3.05) is 41.0 Å². The Labute approximate surface area is 177 Å². The van der Waals surface area contributed by atoms with Crippen molar-refractivity contribution in [3.63, 3.8) is 0 Å². The number of nitrogens with one attached hydrogen (secondary N) is 1. The molecule has 6 nitrogen and oxygen atoms in total. The average Bonchev–Trinajstić information content (AvgIpc) is 2.77. The van der Waals surface area contributed by atoms with Crippen molar-refractivity contribution in [3.8, 4) is 17.2 Å². The molecule has 2 aromatic carbocycles. The molecular weight excluding hydrogens is 380 g/mol. The number of aromatic amines is 1. The molecule has 0 saturated heterocycles. The second-order valence-corrected chi connectivity index (χ2v) is 7.37. The Morgan fingerprint density at radius 3 is 2.40 bits per heavy atom. The van der Waals surface area contributed by atoms with Crippen LogP contribution in [0.3, 0.4) is 0 Å². The van der Waals surface area contributed by atoms with E-state index < -0.39 is 0 Å². The van der Waals surface area contributed by atoms with Gasteiger partial charge in [-0.1, -0.05) is 12.1 Å². The molecular formula is C24H30N2O4. The number of fused-ring (bicyclic) bond motifs is 1. The highest BCUT2D eigenvalue weighted by molar-refractivity contribution is 5.86. The van der Waals surface area contributed by atoms with Crippen molar-refractivity contribution < 1.29 is 14.2 Å². The maximum absolute atomic E-state index is 11.7. The van der Waals surface area contributed by atoms with Crippen molar-refractivity contribution in [2.24, 2.45) is 0 Å². The summed E-state index contributed by atoms with van der Waals surface area (Å²) in [4.78, 5) is 16.8. The number of rotatable bonds is 11. The minimum Gasteiger partial charge on any atom is -0.497 e. The number of H-pyrrole nitrogens is 1. The van der Waals surface area contributed by atoms with Crippen molar-refractivity contribution in [2.45, 2.75) is 19.3 Å². The standard InChI is InChI=1S/C24H30N2O4/c1-26(13-5-4-6-18-7-10-20(28-2)11-8-18)14-15-30-22-17-21(29-3)16-19-9-12-23(27)25-24(19)22/h7-12,16-17H,4-6,13-15H2,1-3H3,(H,25,27). The molecule has 0 amide bonds. The molecule has 30 heavy (non-hydrogen) atoms. The van der Waals surface area contributed by atoms with Crippen molar-refractivity contribution in [3.05, 3.63) is 64.4 Å². The molecule has 0 atom stereocenters. The Morgan fingerprint density at radius 2 is 1.67 bits per heavy atom. The molecule has 1 aromatic heterocycles. The van der Waals surface area contributed by atoms with Gasteiger partial charge in [-0.3, -0.25) is 4.79 Å². The zero-order valence-corrected chi connectivity index (χ0v) is 17.9. The van der Waals surface area contributed by atoms with Crippen LogP contribution in [0.15, 0.2) is 53.3 Å². The molecule has 3 aromatic rings. The minimum atomic E-state index is -0.147. The third-order valence-corrected chi connectivity index (χ3v) is 5.15. The van der Waals surface area contributed by atoms with Crippen molar-refractivity contribution in [1.29, 1.82) is 0 Å². The number of hydrogen-bond donors (Lipinski definition) is 1. The van der Waals surface area contributed by atoms with Crippen LogP contribution in [-0.4, -0.2) is 50.8 Å². The van der Waals surface area contributed by atoms with Crippen LogP contribution in [0.1, 0.15) is 18.4 Å². The largest absolute Gasteiger partial charge is 0.497 e. The van der Waals surface area contributed by atoms with Gasteiger partial charge in [-0.2, -0.15) is 0 Å². The van der Waals surface area contributed by atoms with Gasteiger partial charge >= 0.3 is 0 Å². The normalized spacial score (nSPS) is 11.1. The number of aryl methyl sites for hydroxylation is 1. The summed E-state index contributed by atoms with van der Waals surface area (Å²) in [6, 6.07) is 15.2. The smallest absolute Gasteiger partial charge is 0.248 e. The third kappa shape index (κ3) is 6.00. The molecule has 0 aliphatic rings. The molecule has 160 valence electrons. The number of nitrogens with zero attached hydrogens (tertiary/aromatic N) is 1. The number of ether oxygens (including phenoxy) is 3. The maximum atomic E-state index is 11.7. The summed E-state index contributed by atoms with van der Waals surface area (Å²) in [5.41, 5.74) is 1.89. The summed E-state index contributed by atoms with van der Waals surface area (Å²) >= 11 is 0. The van der Waals surface area contributed by atoms with Crippen molar-refractivity contribution >= 4 is 10.9 Å². The first-order chi connectivity index (χ1) is 14.6. The predicted octanol–water partition coefficient (Wildman–Crippen LogP) is 3.88. The molecule has 6 heteroatoms. The minimum absolute atomic E-state index is 0.147. The van der Waals surface area contributed by atoms with Crippen LogP contribution in [0, 0.1) is 0 Å². The van der Waals surface area contributed by atoms with Gasteiger partial charge in [0, 0.05) is 24.1 Å².